The van der Waals surface area contributed by atoms with Gasteiger partial charge in [0.05, 0.1) is 0 Å². The van der Waals surface area contributed by atoms with Crippen LogP contribution in [-0.2, 0) is 23.8 Å². The van der Waals surface area contributed by atoms with Crippen LogP contribution in [0.25, 0.3) is 0 Å². The lowest BCUT2D eigenvalue weighted by Gasteiger charge is -2.21. The Morgan fingerprint density at radius 1 is 1.24 bits per heavy atom. The molecule has 0 aromatic heterocycles. The van der Waals surface area contributed by atoms with Crippen LogP contribution >= 0.6 is 11.8 Å². The summed E-state index contributed by atoms with van der Waals surface area (Å²) in [5, 5.41) is 9.62. The van der Waals surface area contributed by atoms with Crippen LogP contribution in [0.5, 0.6) is 0 Å². The molecule has 0 aromatic rings. The molecule has 4 atom stereocenters. The lowest BCUT2D eigenvalue weighted by Crippen LogP contribution is -2.40. The maximum atomic E-state index is 11.0. The van der Waals surface area contributed by atoms with Gasteiger partial charge in [0.15, 0.2) is 18.5 Å². The topological polar surface area (TPSA) is 82.1 Å². The number of rotatable bonds is 4. The highest BCUT2D eigenvalue weighted by molar-refractivity contribution is 7.98. The first-order valence-electron chi connectivity index (χ1n) is 5.12. The largest absolute Gasteiger partial charge is 0.456 e. The van der Waals surface area contributed by atoms with Crippen LogP contribution in [0.2, 0.25) is 0 Å². The van der Waals surface area contributed by atoms with E-state index in [0.717, 1.165) is 0 Å². The van der Waals surface area contributed by atoms with E-state index in [4.69, 9.17) is 14.2 Å². The van der Waals surface area contributed by atoms with Gasteiger partial charge in [-0.1, -0.05) is 0 Å². The van der Waals surface area contributed by atoms with Crippen LogP contribution in [0.1, 0.15) is 13.8 Å². The Kier molecular flexibility index (Phi) is 5.23. The highest BCUT2D eigenvalue weighted by atomic mass is 32.2. The lowest BCUT2D eigenvalue weighted by atomic mass is 10.1. The summed E-state index contributed by atoms with van der Waals surface area (Å²) >= 11 is 1.48. The van der Waals surface area contributed by atoms with Crippen molar-refractivity contribution in [1.82, 2.24) is 0 Å². The van der Waals surface area contributed by atoms with Gasteiger partial charge in [0.1, 0.15) is 6.10 Å². The first-order chi connectivity index (χ1) is 7.95. The van der Waals surface area contributed by atoms with Gasteiger partial charge in [-0.2, -0.15) is 11.8 Å². The second kappa shape index (κ2) is 6.23. The van der Waals surface area contributed by atoms with Crippen LogP contribution < -0.4 is 0 Å². The van der Waals surface area contributed by atoms with Crippen molar-refractivity contribution in [3.63, 3.8) is 0 Å². The maximum Gasteiger partial charge on any atom is 0.303 e. The fourth-order valence-corrected chi connectivity index (χ4v) is 2.25. The Bertz CT molecular complexity index is 295. The summed E-state index contributed by atoms with van der Waals surface area (Å²) in [4.78, 5) is 21.9. The quantitative estimate of drug-likeness (QED) is 0.712. The number of aliphatic hydroxyl groups excluding tert-OH is 1. The molecule has 1 rings (SSSR count). The standard InChI is InChI=1S/C10H16O6S/c1-5(11)14-8-7(4-17-3)16-10(13)9(8)15-6(2)12/h7-10,13H,4H2,1-3H3/t7?,8?,9-,10?/m0/s1. The van der Waals surface area contributed by atoms with E-state index < -0.39 is 36.5 Å². The number of hydrogen-bond donors (Lipinski definition) is 1. The Morgan fingerprint density at radius 3 is 2.24 bits per heavy atom. The monoisotopic (exact) mass is 264 g/mol. The number of thioether (sulfide) groups is 1. The van der Waals surface area contributed by atoms with E-state index in [9.17, 15) is 14.7 Å². The fraction of sp³-hybridized carbons (Fsp3) is 0.800. The molecule has 3 unspecified atom stereocenters. The van der Waals surface area contributed by atoms with Crippen molar-refractivity contribution < 1.29 is 28.9 Å². The minimum atomic E-state index is -1.26. The highest BCUT2D eigenvalue weighted by Gasteiger charge is 2.48. The summed E-state index contributed by atoms with van der Waals surface area (Å²) in [6, 6.07) is 0. The van der Waals surface area contributed by atoms with Gasteiger partial charge in [-0.25, -0.2) is 0 Å². The first-order valence-corrected chi connectivity index (χ1v) is 6.52. The second-order valence-electron chi connectivity index (χ2n) is 3.67. The van der Waals surface area contributed by atoms with Gasteiger partial charge in [0, 0.05) is 19.6 Å². The van der Waals surface area contributed by atoms with Gasteiger partial charge < -0.3 is 19.3 Å². The van der Waals surface area contributed by atoms with E-state index in [1.807, 2.05) is 6.26 Å². The SMILES string of the molecule is CSCC1OC(O)[C@@H](OC(C)=O)C1OC(C)=O. The van der Waals surface area contributed by atoms with Crippen LogP contribution in [-0.4, -0.2) is 53.7 Å². The molecule has 6 nitrogen and oxygen atoms in total. The van der Waals surface area contributed by atoms with Crippen molar-refractivity contribution in [3.05, 3.63) is 0 Å². The van der Waals surface area contributed by atoms with Gasteiger partial charge >= 0.3 is 11.9 Å². The molecule has 0 amide bonds. The molecule has 1 saturated heterocycles. The van der Waals surface area contributed by atoms with Crippen molar-refractivity contribution in [3.8, 4) is 0 Å². The smallest absolute Gasteiger partial charge is 0.303 e. The van der Waals surface area contributed by atoms with E-state index in [0.29, 0.717) is 5.75 Å². The molecule has 0 aliphatic carbocycles. The average molecular weight is 264 g/mol. The molecule has 1 N–H and O–H groups in total. The van der Waals surface area contributed by atoms with Gasteiger partial charge in [0.25, 0.3) is 0 Å². The predicted octanol–water partition coefficient (Wildman–Crippen LogP) is -0.0700. The van der Waals surface area contributed by atoms with E-state index in [1.54, 1.807) is 0 Å². The minimum absolute atomic E-state index is 0.478. The molecule has 1 heterocycles. The van der Waals surface area contributed by atoms with Crippen LogP contribution in [0.15, 0.2) is 0 Å². The van der Waals surface area contributed by atoms with E-state index in [-0.39, 0.29) is 0 Å². The van der Waals surface area contributed by atoms with Crippen LogP contribution in [0, 0.1) is 0 Å². The normalized spacial score (nSPS) is 32.2. The van der Waals surface area contributed by atoms with Gasteiger partial charge in [-0.05, 0) is 6.26 Å². The number of hydrogen-bond acceptors (Lipinski definition) is 7. The molecule has 0 saturated carbocycles. The molecule has 7 heteroatoms. The molecule has 0 spiro atoms. The summed E-state index contributed by atoms with van der Waals surface area (Å²) in [5.41, 5.74) is 0. The van der Waals surface area contributed by atoms with Crippen molar-refractivity contribution in [2.45, 2.75) is 38.4 Å². The second-order valence-corrected chi connectivity index (χ2v) is 4.58. The summed E-state index contributed by atoms with van der Waals surface area (Å²) in [5.74, 6) is -0.525. The summed E-state index contributed by atoms with van der Waals surface area (Å²) in [6.07, 6.45) is -1.61. The molecule has 0 aromatic carbocycles. The van der Waals surface area contributed by atoms with Crippen molar-refractivity contribution in [2.75, 3.05) is 12.0 Å². The molecule has 0 radical (unpaired) electrons. The van der Waals surface area contributed by atoms with Crippen molar-refractivity contribution in [2.24, 2.45) is 0 Å². The van der Waals surface area contributed by atoms with E-state index in [2.05, 4.69) is 0 Å². The Morgan fingerprint density at radius 2 is 1.76 bits per heavy atom. The van der Waals surface area contributed by atoms with E-state index >= 15 is 0 Å². The third kappa shape index (κ3) is 3.86. The van der Waals surface area contributed by atoms with Gasteiger partial charge in [0.2, 0.25) is 0 Å². The number of carbonyl (C=O) groups is 2. The molecular weight excluding hydrogens is 248 g/mol. The maximum absolute atomic E-state index is 11.0. The zero-order valence-corrected chi connectivity index (χ0v) is 10.7. The minimum Gasteiger partial charge on any atom is -0.456 e. The predicted molar refractivity (Wildman–Crippen MR) is 60.4 cm³/mol. The zero-order chi connectivity index (χ0) is 13.0. The Labute approximate surface area is 104 Å². The molecule has 0 bridgehead atoms. The number of esters is 2. The van der Waals surface area contributed by atoms with Crippen LogP contribution in [0.4, 0.5) is 0 Å². The van der Waals surface area contributed by atoms with Gasteiger partial charge in [-0.15, -0.1) is 0 Å². The molecule has 1 aliphatic heterocycles. The van der Waals surface area contributed by atoms with Crippen molar-refractivity contribution >= 4 is 23.7 Å². The van der Waals surface area contributed by atoms with Gasteiger partial charge in [-0.3, -0.25) is 9.59 Å². The Hall–Kier alpha value is -0.790. The summed E-state index contributed by atoms with van der Waals surface area (Å²) in [6.45, 7) is 2.48. The molecular formula is C10H16O6S. The highest BCUT2D eigenvalue weighted by Crippen LogP contribution is 2.27. The third-order valence-corrected chi connectivity index (χ3v) is 2.88. The third-order valence-electron chi connectivity index (χ3n) is 2.22. The number of aliphatic hydroxyl groups is 1. The number of ether oxygens (including phenoxy) is 3. The lowest BCUT2D eigenvalue weighted by molar-refractivity contribution is -0.174. The molecule has 17 heavy (non-hydrogen) atoms. The van der Waals surface area contributed by atoms with Crippen molar-refractivity contribution in [1.29, 1.82) is 0 Å². The first kappa shape index (κ1) is 14.3. The fourth-order valence-electron chi connectivity index (χ4n) is 1.66. The zero-order valence-electron chi connectivity index (χ0n) is 9.91. The molecule has 1 aliphatic rings. The number of carbonyl (C=O) groups excluding carboxylic acids is 2. The summed E-state index contributed by atoms with van der Waals surface area (Å²) in [7, 11) is 0. The van der Waals surface area contributed by atoms with Crippen LogP contribution in [0.3, 0.4) is 0 Å². The Balaban J connectivity index is 2.76. The summed E-state index contributed by atoms with van der Waals surface area (Å²) < 4.78 is 15.2. The average Bonchev–Trinajstić information content (AvgIpc) is 2.45. The molecule has 1 fully saturated rings. The molecule has 98 valence electrons. The van der Waals surface area contributed by atoms with E-state index in [1.165, 1.54) is 25.6 Å².